The summed E-state index contributed by atoms with van der Waals surface area (Å²) in [6.45, 7) is 1.18. The van der Waals surface area contributed by atoms with E-state index in [9.17, 15) is 14.4 Å². The minimum Gasteiger partial charge on any atom is -0.423 e. The number of benzene rings is 3. The highest BCUT2D eigenvalue weighted by Gasteiger charge is 2.54. The van der Waals surface area contributed by atoms with Crippen LogP contribution in [0.15, 0.2) is 84.9 Å². The van der Waals surface area contributed by atoms with E-state index in [1.54, 1.807) is 36.4 Å². The van der Waals surface area contributed by atoms with Gasteiger partial charge in [0.15, 0.2) is 0 Å². The van der Waals surface area contributed by atoms with Crippen molar-refractivity contribution in [3.05, 3.63) is 95.5 Å². The van der Waals surface area contributed by atoms with E-state index in [0.29, 0.717) is 5.02 Å². The molecular formula is C22H14ClO6. The van der Waals surface area contributed by atoms with Gasteiger partial charge in [0.2, 0.25) is 0 Å². The maximum atomic E-state index is 13.1. The largest absolute Gasteiger partial charge is 0.423 e. The summed E-state index contributed by atoms with van der Waals surface area (Å²) < 4.78 is 15.5. The lowest BCUT2D eigenvalue weighted by atomic mass is 9.93. The standard InChI is InChI=1S/C22H14ClO6/c23-17-11-13-19(14-12-17)29-21(26)22(27-15-24,16-7-3-1-4-8-16)20(25)28-18-9-5-2-6-10-18/h1-14H. The molecule has 0 aromatic heterocycles. The predicted molar refractivity (Wildman–Crippen MR) is 104 cm³/mol. The van der Waals surface area contributed by atoms with Crippen LogP contribution in [0.1, 0.15) is 5.56 Å². The number of ether oxygens (including phenoxy) is 3. The molecule has 3 aromatic carbocycles. The molecule has 0 saturated heterocycles. The Bertz CT molecular complexity index is 989. The van der Waals surface area contributed by atoms with Crippen LogP contribution in [0.25, 0.3) is 0 Å². The fourth-order valence-electron chi connectivity index (χ4n) is 2.55. The number of halogens is 1. The Kier molecular flexibility index (Phi) is 6.26. The topological polar surface area (TPSA) is 78.9 Å². The van der Waals surface area contributed by atoms with Gasteiger partial charge in [-0.1, -0.05) is 60.1 Å². The quantitative estimate of drug-likeness (QED) is 0.335. The first-order valence-electron chi connectivity index (χ1n) is 8.42. The second-order valence-corrected chi connectivity index (χ2v) is 6.22. The minimum atomic E-state index is -2.52. The van der Waals surface area contributed by atoms with Crippen LogP contribution >= 0.6 is 11.6 Å². The van der Waals surface area contributed by atoms with Crippen molar-refractivity contribution in [3.8, 4) is 11.5 Å². The number of rotatable bonds is 7. The normalized spacial score (nSPS) is 12.3. The van der Waals surface area contributed by atoms with E-state index < -0.39 is 17.5 Å². The van der Waals surface area contributed by atoms with E-state index in [0.717, 1.165) is 0 Å². The Hall–Kier alpha value is -3.64. The van der Waals surface area contributed by atoms with Crippen molar-refractivity contribution in [3.63, 3.8) is 0 Å². The van der Waals surface area contributed by atoms with Gasteiger partial charge in [0.1, 0.15) is 11.5 Å². The lowest BCUT2D eigenvalue weighted by Crippen LogP contribution is -2.50. The number of hydrogen-bond acceptors (Lipinski definition) is 6. The van der Waals surface area contributed by atoms with E-state index in [2.05, 4.69) is 0 Å². The lowest BCUT2D eigenvalue weighted by molar-refractivity contribution is -0.171. The second-order valence-electron chi connectivity index (χ2n) is 5.78. The molecule has 0 bridgehead atoms. The van der Waals surface area contributed by atoms with Crippen LogP contribution in [0, 0.1) is 0 Å². The molecule has 0 saturated carbocycles. The summed E-state index contributed by atoms with van der Waals surface area (Å²) in [6, 6.07) is 21.6. The number of hydrogen-bond donors (Lipinski definition) is 0. The molecule has 3 rings (SSSR count). The lowest BCUT2D eigenvalue weighted by Gasteiger charge is -2.27. The van der Waals surface area contributed by atoms with Crippen LogP contribution < -0.4 is 9.47 Å². The van der Waals surface area contributed by atoms with Crippen LogP contribution in [0.3, 0.4) is 0 Å². The van der Waals surface area contributed by atoms with Gasteiger partial charge in [0.05, 0.1) is 0 Å². The first kappa shape index (κ1) is 20.1. The van der Waals surface area contributed by atoms with Gasteiger partial charge in [-0.3, -0.25) is 0 Å². The van der Waals surface area contributed by atoms with Gasteiger partial charge < -0.3 is 14.2 Å². The molecule has 1 unspecified atom stereocenters. The fraction of sp³-hybridized carbons (Fsp3) is 0.0455. The molecule has 0 fully saturated rings. The molecule has 1 radical (unpaired) electrons. The maximum Gasteiger partial charge on any atom is 0.419 e. The molecule has 145 valence electrons. The van der Waals surface area contributed by atoms with Crippen LogP contribution in [-0.2, 0) is 24.7 Å². The van der Waals surface area contributed by atoms with Gasteiger partial charge in [0, 0.05) is 10.6 Å². The highest BCUT2D eigenvalue weighted by Crippen LogP contribution is 2.31. The average Bonchev–Trinajstić information content (AvgIpc) is 2.75. The Morgan fingerprint density at radius 1 is 0.724 bits per heavy atom. The second kappa shape index (κ2) is 9.03. The molecule has 6 nitrogen and oxygen atoms in total. The van der Waals surface area contributed by atoms with E-state index in [1.807, 2.05) is 0 Å². The summed E-state index contributed by atoms with van der Waals surface area (Å²) in [5, 5.41) is 0.431. The molecule has 0 amide bonds. The van der Waals surface area contributed by atoms with Crippen LogP contribution in [-0.4, -0.2) is 18.4 Å². The fourth-order valence-corrected chi connectivity index (χ4v) is 2.67. The van der Waals surface area contributed by atoms with Crippen molar-refractivity contribution < 1.29 is 28.6 Å². The van der Waals surface area contributed by atoms with Crippen molar-refractivity contribution in [2.24, 2.45) is 0 Å². The highest BCUT2D eigenvalue weighted by molar-refractivity contribution is 6.30. The van der Waals surface area contributed by atoms with E-state index >= 15 is 0 Å². The first-order valence-corrected chi connectivity index (χ1v) is 8.80. The van der Waals surface area contributed by atoms with Crippen molar-refractivity contribution in [1.29, 1.82) is 0 Å². The summed E-state index contributed by atoms with van der Waals surface area (Å²) in [7, 11) is 0. The first-order chi connectivity index (χ1) is 14.1. The van der Waals surface area contributed by atoms with Gasteiger partial charge in [-0.05, 0) is 36.4 Å². The maximum absolute atomic E-state index is 13.1. The summed E-state index contributed by atoms with van der Waals surface area (Å²) in [5.74, 6) is -2.07. The highest BCUT2D eigenvalue weighted by atomic mass is 35.5. The summed E-state index contributed by atoms with van der Waals surface area (Å²) in [5.41, 5.74) is -2.47. The molecule has 0 aliphatic heterocycles. The Morgan fingerprint density at radius 3 is 1.72 bits per heavy atom. The average molecular weight is 410 g/mol. The Balaban J connectivity index is 2.03. The molecule has 0 spiro atoms. The Labute approximate surface area is 171 Å². The van der Waals surface area contributed by atoms with Crippen molar-refractivity contribution in [2.75, 3.05) is 0 Å². The summed E-state index contributed by atoms with van der Waals surface area (Å²) in [4.78, 5) is 37.3. The van der Waals surface area contributed by atoms with Crippen LogP contribution in [0.4, 0.5) is 0 Å². The van der Waals surface area contributed by atoms with Crippen molar-refractivity contribution >= 4 is 30.0 Å². The summed E-state index contributed by atoms with van der Waals surface area (Å²) >= 11 is 5.83. The smallest absolute Gasteiger partial charge is 0.419 e. The summed E-state index contributed by atoms with van der Waals surface area (Å²) in [6.07, 6.45) is 0. The zero-order chi connectivity index (χ0) is 20.7. The molecule has 0 aliphatic rings. The molecule has 0 N–H and O–H groups in total. The molecule has 1 atom stereocenters. The monoisotopic (exact) mass is 409 g/mol. The number of para-hydroxylation sites is 1. The van der Waals surface area contributed by atoms with Crippen LogP contribution in [0.2, 0.25) is 5.02 Å². The van der Waals surface area contributed by atoms with Gasteiger partial charge >= 0.3 is 24.0 Å². The van der Waals surface area contributed by atoms with Gasteiger partial charge in [-0.2, -0.15) is 0 Å². The third kappa shape index (κ3) is 4.44. The minimum absolute atomic E-state index is 0.0447. The zero-order valence-electron chi connectivity index (χ0n) is 14.9. The van der Waals surface area contributed by atoms with Gasteiger partial charge in [-0.25, -0.2) is 14.4 Å². The third-order valence-corrected chi connectivity index (χ3v) is 4.18. The number of carbonyl (C=O) groups is 2. The molecule has 29 heavy (non-hydrogen) atoms. The van der Waals surface area contributed by atoms with E-state index in [-0.39, 0.29) is 17.1 Å². The van der Waals surface area contributed by atoms with E-state index in [1.165, 1.54) is 55.0 Å². The number of carbonyl (C=O) groups excluding carboxylic acids is 3. The molecular weight excluding hydrogens is 396 g/mol. The number of esters is 2. The third-order valence-electron chi connectivity index (χ3n) is 3.93. The van der Waals surface area contributed by atoms with E-state index in [4.69, 9.17) is 25.8 Å². The van der Waals surface area contributed by atoms with Gasteiger partial charge in [-0.15, -0.1) is 0 Å². The van der Waals surface area contributed by atoms with Crippen molar-refractivity contribution in [2.45, 2.75) is 5.60 Å². The van der Waals surface area contributed by atoms with Gasteiger partial charge in [0.25, 0.3) is 0 Å². The zero-order valence-corrected chi connectivity index (χ0v) is 15.7. The predicted octanol–water partition coefficient (Wildman–Crippen LogP) is 3.83. The molecule has 3 aromatic rings. The Morgan fingerprint density at radius 2 is 1.21 bits per heavy atom. The molecule has 0 aliphatic carbocycles. The SMILES string of the molecule is O=[C]OC(C(=O)Oc1ccccc1)(C(=O)Oc1ccc(Cl)cc1)c1ccccc1. The van der Waals surface area contributed by atoms with Crippen molar-refractivity contribution in [1.82, 2.24) is 0 Å². The molecule has 7 heteroatoms. The van der Waals surface area contributed by atoms with Crippen LogP contribution in [0.5, 0.6) is 11.5 Å². The molecule has 0 heterocycles.